The molecular formula is C26H24N4O3S2. The van der Waals surface area contributed by atoms with Gasteiger partial charge in [0, 0.05) is 20.1 Å². The van der Waals surface area contributed by atoms with E-state index in [4.69, 9.17) is 9.73 Å². The number of nitrogens with one attached hydrogen (secondary N) is 1. The minimum atomic E-state index is -0.694. The van der Waals surface area contributed by atoms with Crippen LogP contribution in [-0.4, -0.2) is 30.9 Å². The molecule has 1 aliphatic heterocycles. The van der Waals surface area contributed by atoms with Crippen molar-refractivity contribution in [2.24, 2.45) is 4.99 Å². The first-order valence-electron chi connectivity index (χ1n) is 11.3. The minimum Gasteiger partial charge on any atom is -0.489 e. The molecular weight excluding hydrogens is 480 g/mol. The number of amides is 1. The van der Waals surface area contributed by atoms with E-state index in [9.17, 15) is 9.59 Å². The van der Waals surface area contributed by atoms with E-state index in [0.717, 1.165) is 20.8 Å². The quantitative estimate of drug-likeness (QED) is 0.419. The van der Waals surface area contributed by atoms with Crippen molar-refractivity contribution in [1.29, 1.82) is 0 Å². The molecule has 7 nitrogen and oxygen atoms in total. The molecule has 9 heteroatoms. The maximum atomic E-state index is 13.2. The van der Waals surface area contributed by atoms with Gasteiger partial charge in [-0.1, -0.05) is 54.2 Å². The number of ether oxygens (including phenoxy) is 1. The van der Waals surface area contributed by atoms with E-state index >= 15 is 0 Å². The highest BCUT2D eigenvalue weighted by atomic mass is 32.2. The Hall–Kier alpha value is -3.43. The van der Waals surface area contributed by atoms with E-state index in [1.807, 2.05) is 61.5 Å². The number of carbonyl (C=O) groups is 1. The lowest BCUT2D eigenvalue weighted by Gasteiger charge is -2.14. The van der Waals surface area contributed by atoms with Crippen LogP contribution in [0.2, 0.25) is 0 Å². The van der Waals surface area contributed by atoms with Gasteiger partial charge >= 0.3 is 0 Å². The molecule has 2 aromatic heterocycles. The lowest BCUT2D eigenvalue weighted by molar-refractivity contribution is -0.121. The second-order valence-electron chi connectivity index (χ2n) is 8.88. The molecule has 1 amide bonds. The molecule has 0 bridgehead atoms. The first kappa shape index (κ1) is 22.1. The zero-order valence-corrected chi connectivity index (χ0v) is 20.6. The topological polar surface area (TPSA) is 85.6 Å². The summed E-state index contributed by atoms with van der Waals surface area (Å²) < 4.78 is 7.66. The van der Waals surface area contributed by atoms with Gasteiger partial charge in [0.25, 0.3) is 5.56 Å². The summed E-state index contributed by atoms with van der Waals surface area (Å²) in [6.07, 6.45) is 2.31. The monoisotopic (exact) mass is 504 g/mol. The van der Waals surface area contributed by atoms with Gasteiger partial charge in [-0.25, -0.2) is 4.98 Å². The van der Waals surface area contributed by atoms with Gasteiger partial charge in [0.2, 0.25) is 5.91 Å². The lowest BCUT2D eigenvalue weighted by atomic mass is 10.2. The van der Waals surface area contributed by atoms with E-state index in [0.29, 0.717) is 30.5 Å². The summed E-state index contributed by atoms with van der Waals surface area (Å²) >= 11 is 2.94. The summed E-state index contributed by atoms with van der Waals surface area (Å²) in [6, 6.07) is 20.9. The number of hydrogen-bond donors (Lipinski definition) is 1. The number of benzene rings is 2. The zero-order chi connectivity index (χ0) is 24.0. The Morgan fingerprint density at radius 3 is 2.77 bits per heavy atom. The van der Waals surface area contributed by atoms with E-state index in [1.165, 1.54) is 22.4 Å². The molecule has 4 aromatic rings. The average molecular weight is 505 g/mol. The van der Waals surface area contributed by atoms with Gasteiger partial charge in [-0.05, 0) is 30.7 Å². The third-order valence-electron chi connectivity index (χ3n) is 6.40. The Bertz CT molecular complexity index is 1500. The van der Waals surface area contributed by atoms with Crippen LogP contribution in [0, 0.1) is 0 Å². The Morgan fingerprint density at radius 2 is 1.97 bits per heavy atom. The number of aromatic nitrogens is 2. The molecule has 3 heterocycles. The molecule has 0 saturated heterocycles. The normalized spacial score (nSPS) is 22.5. The molecule has 0 radical (unpaired) electrons. The number of para-hydroxylation sites is 1. The fourth-order valence-electron chi connectivity index (χ4n) is 4.32. The number of thioether (sulfide) groups is 1. The average Bonchev–Trinajstić information content (AvgIpc) is 3.15. The highest BCUT2D eigenvalue weighted by molar-refractivity contribution is 8.16. The number of thiazole rings is 1. The van der Waals surface area contributed by atoms with E-state index < -0.39 is 10.3 Å². The molecule has 2 unspecified atom stereocenters. The Labute approximate surface area is 211 Å². The third-order valence-corrected chi connectivity index (χ3v) is 9.02. The summed E-state index contributed by atoms with van der Waals surface area (Å²) in [5, 5.41) is 4.45. The minimum absolute atomic E-state index is 0. The van der Waals surface area contributed by atoms with Crippen molar-refractivity contribution in [3.8, 4) is 5.75 Å². The number of hydrogen-bond acceptors (Lipinski definition) is 7. The van der Waals surface area contributed by atoms with Crippen LogP contribution >= 0.6 is 23.1 Å². The van der Waals surface area contributed by atoms with Gasteiger partial charge in [0.1, 0.15) is 22.1 Å². The molecule has 178 valence electrons. The molecule has 35 heavy (non-hydrogen) atoms. The molecule has 2 aromatic carbocycles. The van der Waals surface area contributed by atoms with E-state index in [2.05, 4.69) is 10.3 Å². The molecule has 2 aliphatic rings. The second-order valence-corrected chi connectivity index (χ2v) is 11.3. The highest BCUT2D eigenvalue weighted by Gasteiger charge is 2.74. The van der Waals surface area contributed by atoms with E-state index in [1.54, 1.807) is 23.6 Å². The van der Waals surface area contributed by atoms with Crippen molar-refractivity contribution in [2.75, 3.05) is 0 Å². The summed E-state index contributed by atoms with van der Waals surface area (Å²) in [7, 11) is 0. The van der Waals surface area contributed by atoms with Crippen LogP contribution in [0.3, 0.4) is 0 Å². The Kier molecular flexibility index (Phi) is 5.26. The second kappa shape index (κ2) is 8.35. The van der Waals surface area contributed by atoms with Crippen molar-refractivity contribution in [1.82, 2.24) is 14.9 Å². The number of aliphatic imine (C=N–C) groups is 1. The van der Waals surface area contributed by atoms with Crippen LogP contribution < -0.4 is 15.6 Å². The predicted molar refractivity (Wildman–Crippen MR) is 141 cm³/mol. The van der Waals surface area contributed by atoms with Gasteiger partial charge in [0.05, 0.1) is 22.3 Å². The highest BCUT2D eigenvalue weighted by Crippen LogP contribution is 2.64. The molecule has 6 rings (SSSR count). The third kappa shape index (κ3) is 3.94. The lowest BCUT2D eigenvalue weighted by Crippen LogP contribution is -2.37. The maximum absolute atomic E-state index is 13.2. The number of nitrogens with zero attached hydrogens (tertiary/aromatic N) is 3. The van der Waals surface area contributed by atoms with Crippen molar-refractivity contribution >= 4 is 44.4 Å². The maximum Gasteiger partial charge on any atom is 0.260 e. The SMILES string of the molecule is CC12CC1(C(=O)NCc1nc3ccccc3s1)SC(n1ccc(OCc3ccccc3)cc1=O)=N2.[HH]. The zero-order valence-electron chi connectivity index (χ0n) is 18.9. The van der Waals surface area contributed by atoms with Crippen LogP contribution in [0.1, 0.15) is 25.3 Å². The summed E-state index contributed by atoms with van der Waals surface area (Å²) in [6.45, 7) is 2.72. The summed E-state index contributed by atoms with van der Waals surface area (Å²) in [5.41, 5.74) is 1.20. The fourth-order valence-corrected chi connectivity index (χ4v) is 6.82. The van der Waals surface area contributed by atoms with Crippen molar-refractivity contribution in [2.45, 2.75) is 36.8 Å². The molecule has 1 aliphatic carbocycles. The summed E-state index contributed by atoms with van der Waals surface area (Å²) in [5.74, 6) is 0.428. The molecule has 1 N–H and O–H groups in total. The Morgan fingerprint density at radius 1 is 1.17 bits per heavy atom. The molecule has 1 fully saturated rings. The van der Waals surface area contributed by atoms with Crippen molar-refractivity contribution in [3.63, 3.8) is 0 Å². The van der Waals surface area contributed by atoms with Crippen LogP contribution in [0.25, 0.3) is 10.2 Å². The smallest absolute Gasteiger partial charge is 0.260 e. The number of carbonyl (C=O) groups excluding carboxylic acids is 1. The van der Waals surface area contributed by atoms with Gasteiger partial charge in [-0.2, -0.15) is 0 Å². The van der Waals surface area contributed by atoms with Gasteiger partial charge in [-0.3, -0.25) is 19.1 Å². The van der Waals surface area contributed by atoms with Gasteiger partial charge in [0.15, 0.2) is 5.17 Å². The first-order valence-corrected chi connectivity index (χ1v) is 12.9. The van der Waals surface area contributed by atoms with Crippen molar-refractivity contribution < 1.29 is 11.0 Å². The number of rotatable bonds is 6. The van der Waals surface area contributed by atoms with Crippen LogP contribution in [-0.2, 0) is 17.9 Å². The number of fused-ring (bicyclic) bond motifs is 2. The first-order chi connectivity index (χ1) is 17.0. The molecule has 0 spiro atoms. The predicted octanol–water partition coefficient (Wildman–Crippen LogP) is 4.45. The fraction of sp³-hybridized carbons (Fsp3) is 0.231. The van der Waals surface area contributed by atoms with E-state index in [-0.39, 0.29) is 12.9 Å². The molecule has 1 saturated carbocycles. The van der Waals surface area contributed by atoms with Gasteiger partial charge < -0.3 is 10.1 Å². The van der Waals surface area contributed by atoms with Crippen LogP contribution in [0.5, 0.6) is 5.75 Å². The Balaban J connectivity index is 0.00000267. The summed E-state index contributed by atoms with van der Waals surface area (Å²) in [4.78, 5) is 35.4. The van der Waals surface area contributed by atoms with Crippen LogP contribution in [0.4, 0.5) is 0 Å². The largest absolute Gasteiger partial charge is 0.489 e. The van der Waals surface area contributed by atoms with Crippen molar-refractivity contribution in [3.05, 3.63) is 93.9 Å². The number of pyridine rings is 1. The van der Waals surface area contributed by atoms with Gasteiger partial charge in [-0.15, -0.1) is 11.3 Å². The molecule has 2 atom stereocenters. The standard InChI is InChI=1S/C26H22N4O3S2.H2/c1-25-16-26(25,23(32)27-14-21-28-19-9-5-6-10-20(19)34-21)35-24(29-25)30-12-11-18(13-22(30)31)33-15-17-7-3-2-4-8-17;/h2-13H,14-16H2,1H3,(H,27,32);1H. The van der Waals surface area contributed by atoms with Crippen LogP contribution in [0.15, 0.2) is 82.7 Å².